The van der Waals surface area contributed by atoms with Crippen LogP contribution in [0.5, 0.6) is 0 Å². The van der Waals surface area contributed by atoms with E-state index in [-0.39, 0.29) is 13.1 Å². The van der Waals surface area contributed by atoms with Crippen LogP contribution >= 0.6 is 92.8 Å². The zero-order chi connectivity index (χ0) is 41.5. The van der Waals surface area contributed by atoms with E-state index in [1.807, 2.05) is 24.3 Å². The van der Waals surface area contributed by atoms with Crippen molar-refractivity contribution in [3.05, 3.63) is 148 Å². The number of benzene rings is 5. The van der Waals surface area contributed by atoms with Gasteiger partial charge in [-0.1, -0.05) is 117 Å². The zero-order valence-corrected chi connectivity index (χ0v) is 36.0. The normalized spacial score (nSPS) is 14.6. The largest absolute Gasteiger partial charge is 0.458 e. The molecule has 18 heteroatoms. The molecule has 10 nitrogen and oxygen atoms in total. The first-order chi connectivity index (χ1) is 28.3. The lowest BCUT2D eigenvalue weighted by Crippen LogP contribution is -2.38. The molecule has 8 rings (SSSR count). The fourth-order valence-electron chi connectivity index (χ4n) is 6.80. The summed E-state index contributed by atoms with van der Waals surface area (Å²) in [6.45, 7) is -0.674. The maximum atomic E-state index is 13.8. The van der Waals surface area contributed by atoms with Gasteiger partial charge in [-0.15, -0.1) is 0 Å². The second-order valence-corrected chi connectivity index (χ2v) is 16.7. The number of hydrogen-bond acceptors (Lipinski definition) is 7. The van der Waals surface area contributed by atoms with Crippen molar-refractivity contribution in [3.8, 4) is 45.0 Å². The van der Waals surface area contributed by atoms with E-state index in [1.54, 1.807) is 72.8 Å². The zero-order valence-electron chi connectivity index (χ0n) is 29.9. The lowest BCUT2D eigenvalue weighted by molar-refractivity contribution is -0.152. The second kappa shape index (κ2) is 17.3. The van der Waals surface area contributed by atoms with Gasteiger partial charge in [0.1, 0.15) is 35.4 Å². The molecule has 298 valence electrons. The van der Waals surface area contributed by atoms with Crippen molar-refractivity contribution in [2.24, 2.45) is 0 Å². The molecule has 0 radical (unpaired) electrons. The standard InChI is InChI=1S/C41H25Cl8N7O3/c42-21-5-9-26(30(46)14-21)38-39(27-10-6-22(43)15-31(27)47)52-55(51-38)18-35(57)50-37-25-4-2-1-3-20(25)13-34(37)59-36(58)19-56-53-40(28-11-7-23(44)16-32(28)48)41(54-56)29-12-8-24(45)17-33(29)49/h1-12,14-17,34,37H,13,18-19H2,(H,50,57)/t34-,37+/m1/s1. The van der Waals surface area contributed by atoms with Gasteiger partial charge in [-0.05, 0) is 83.9 Å². The fourth-order valence-corrected chi connectivity index (χ4v) is 8.79. The van der Waals surface area contributed by atoms with Crippen LogP contribution in [0.2, 0.25) is 40.2 Å². The third kappa shape index (κ3) is 8.92. The van der Waals surface area contributed by atoms with E-state index in [0.29, 0.717) is 91.6 Å². The van der Waals surface area contributed by atoms with Crippen LogP contribution in [0.1, 0.15) is 17.2 Å². The smallest absolute Gasteiger partial charge is 0.330 e. The van der Waals surface area contributed by atoms with E-state index in [1.165, 1.54) is 9.59 Å². The summed E-state index contributed by atoms with van der Waals surface area (Å²) in [5, 5.41) is 24.6. The molecule has 1 N–H and O–H groups in total. The number of halogens is 8. The number of nitrogens with one attached hydrogen (secondary N) is 1. The summed E-state index contributed by atoms with van der Waals surface area (Å²) in [7, 11) is 0. The van der Waals surface area contributed by atoms with Gasteiger partial charge in [-0.2, -0.15) is 30.0 Å². The highest BCUT2D eigenvalue weighted by Gasteiger charge is 2.37. The first-order valence-electron chi connectivity index (χ1n) is 17.6. The Kier molecular flexibility index (Phi) is 12.1. The Labute approximate surface area is 376 Å². The van der Waals surface area contributed by atoms with Crippen LogP contribution in [0.3, 0.4) is 0 Å². The van der Waals surface area contributed by atoms with Crippen LogP contribution in [0.4, 0.5) is 0 Å². The third-order valence-electron chi connectivity index (χ3n) is 9.39. The molecule has 2 atom stereocenters. The van der Waals surface area contributed by atoms with E-state index >= 15 is 0 Å². The van der Waals surface area contributed by atoms with Crippen LogP contribution in [0.15, 0.2) is 97.1 Å². The highest BCUT2D eigenvalue weighted by atomic mass is 35.5. The summed E-state index contributed by atoms with van der Waals surface area (Å²) in [6.07, 6.45) is -0.429. The van der Waals surface area contributed by atoms with Crippen molar-refractivity contribution in [1.29, 1.82) is 0 Å². The third-order valence-corrected chi connectivity index (χ3v) is 11.6. The van der Waals surface area contributed by atoms with Crippen molar-refractivity contribution in [3.63, 3.8) is 0 Å². The minimum absolute atomic E-state index is 0.300. The molecule has 0 bridgehead atoms. The van der Waals surface area contributed by atoms with Gasteiger partial charge in [0.15, 0.2) is 6.54 Å². The molecule has 1 aliphatic rings. The SMILES string of the molecule is O=C(Cn1nc(-c2ccc(Cl)cc2Cl)c(-c2ccc(Cl)cc2Cl)n1)N[C@H]1c2ccccc2C[C@H]1OC(=O)Cn1nc(-c2ccc(Cl)cc2Cl)c(-c2ccc(Cl)cc2Cl)n1. The summed E-state index contributed by atoms with van der Waals surface area (Å²) in [5.41, 5.74) is 5.25. The molecule has 59 heavy (non-hydrogen) atoms. The van der Waals surface area contributed by atoms with E-state index in [0.717, 1.165) is 11.1 Å². The van der Waals surface area contributed by atoms with Gasteiger partial charge in [-0.25, -0.2) is 4.79 Å². The number of ether oxygens (including phenoxy) is 1. The molecule has 0 unspecified atom stereocenters. The van der Waals surface area contributed by atoms with Crippen LogP contribution in [-0.2, 0) is 33.8 Å². The van der Waals surface area contributed by atoms with Gasteiger partial charge in [0.05, 0.1) is 26.1 Å². The number of fused-ring (bicyclic) bond motifs is 1. The average molecular weight is 947 g/mol. The molecular formula is C41H25Cl8N7O3. The van der Waals surface area contributed by atoms with Crippen LogP contribution < -0.4 is 5.32 Å². The summed E-state index contributed by atoms with van der Waals surface area (Å²) in [6, 6.07) is 26.6. The van der Waals surface area contributed by atoms with Crippen LogP contribution in [0.25, 0.3) is 45.0 Å². The van der Waals surface area contributed by atoms with Crippen molar-refractivity contribution in [2.75, 3.05) is 0 Å². The van der Waals surface area contributed by atoms with Crippen molar-refractivity contribution in [2.45, 2.75) is 31.7 Å². The van der Waals surface area contributed by atoms with E-state index in [2.05, 4.69) is 25.7 Å². The molecule has 0 saturated heterocycles. The Morgan fingerprint density at radius 1 is 0.559 bits per heavy atom. The van der Waals surface area contributed by atoms with Crippen LogP contribution in [0, 0.1) is 0 Å². The quantitative estimate of drug-likeness (QED) is 0.136. The molecule has 2 aromatic heterocycles. The Bertz CT molecular complexity index is 2650. The van der Waals surface area contributed by atoms with Crippen molar-refractivity contribution in [1.82, 2.24) is 35.3 Å². The van der Waals surface area contributed by atoms with Gasteiger partial charge in [0.2, 0.25) is 5.91 Å². The molecular weight excluding hydrogens is 922 g/mol. The fraction of sp³-hybridized carbons (Fsp3) is 0.122. The number of nitrogens with zero attached hydrogens (tertiary/aromatic N) is 6. The monoisotopic (exact) mass is 943 g/mol. The van der Waals surface area contributed by atoms with Crippen molar-refractivity contribution >= 4 is 105 Å². The number of rotatable bonds is 10. The highest BCUT2D eigenvalue weighted by molar-refractivity contribution is 6.39. The topological polar surface area (TPSA) is 117 Å². The summed E-state index contributed by atoms with van der Waals surface area (Å²) >= 11 is 51.1. The Balaban J connectivity index is 1.04. The molecule has 5 aromatic carbocycles. The van der Waals surface area contributed by atoms with Gasteiger partial charge < -0.3 is 10.1 Å². The minimum Gasteiger partial charge on any atom is -0.458 e. The number of aromatic nitrogens is 6. The first kappa shape index (κ1) is 41.4. The molecule has 1 amide bonds. The first-order valence-corrected chi connectivity index (χ1v) is 20.6. The van der Waals surface area contributed by atoms with E-state index in [4.69, 9.17) is 97.5 Å². The average Bonchev–Trinajstić information content (AvgIpc) is 3.87. The lowest BCUT2D eigenvalue weighted by atomic mass is 10.0. The second-order valence-electron chi connectivity index (χ2n) is 13.3. The molecule has 7 aromatic rings. The lowest BCUT2D eigenvalue weighted by Gasteiger charge is -2.22. The molecule has 1 aliphatic carbocycles. The van der Waals surface area contributed by atoms with E-state index in [9.17, 15) is 9.59 Å². The maximum Gasteiger partial charge on any atom is 0.330 e. The molecule has 2 heterocycles. The molecule has 0 spiro atoms. The summed E-state index contributed by atoms with van der Waals surface area (Å²) in [4.78, 5) is 30.0. The van der Waals surface area contributed by atoms with Gasteiger partial charge >= 0.3 is 5.97 Å². The predicted molar refractivity (Wildman–Crippen MR) is 233 cm³/mol. The number of carbonyl (C=O) groups excluding carboxylic acids is 2. The summed E-state index contributed by atoms with van der Waals surface area (Å²) in [5.74, 6) is -1.10. The Morgan fingerprint density at radius 3 is 1.36 bits per heavy atom. The highest BCUT2D eigenvalue weighted by Crippen LogP contribution is 2.40. The molecule has 0 aliphatic heterocycles. The van der Waals surface area contributed by atoms with Gasteiger partial charge in [-0.3, -0.25) is 4.79 Å². The summed E-state index contributed by atoms with van der Waals surface area (Å²) < 4.78 is 6.06. The predicted octanol–water partition coefficient (Wildman–Crippen LogP) is 11.8. The maximum absolute atomic E-state index is 13.8. The van der Waals surface area contributed by atoms with Gasteiger partial charge in [0.25, 0.3) is 0 Å². The van der Waals surface area contributed by atoms with Gasteiger partial charge in [0, 0.05) is 48.8 Å². The Morgan fingerprint density at radius 2 is 0.949 bits per heavy atom. The number of hydrogen-bond donors (Lipinski definition) is 1. The molecule has 0 fully saturated rings. The van der Waals surface area contributed by atoms with Crippen LogP contribution in [-0.4, -0.2) is 48.0 Å². The minimum atomic E-state index is -0.771. The number of amides is 1. The van der Waals surface area contributed by atoms with E-state index < -0.39 is 24.0 Å². The number of carbonyl (C=O) groups is 2. The molecule has 0 saturated carbocycles. The Hall–Kier alpha value is -4.36. The number of esters is 1. The van der Waals surface area contributed by atoms with Crippen molar-refractivity contribution < 1.29 is 14.3 Å².